The fourth-order valence-electron chi connectivity index (χ4n) is 3.26. The molecule has 0 saturated heterocycles. The predicted molar refractivity (Wildman–Crippen MR) is 117 cm³/mol. The lowest BCUT2D eigenvalue weighted by Crippen LogP contribution is -1.90. The number of thiazole rings is 2. The minimum Gasteiger partial charge on any atom is -0.493 e. The Morgan fingerprint density at radius 3 is 1.36 bits per heavy atom. The van der Waals surface area contributed by atoms with E-state index in [1.807, 2.05) is 36.4 Å². The molecule has 3 aromatic carbocycles. The summed E-state index contributed by atoms with van der Waals surface area (Å²) in [4.78, 5) is 9.77. The summed E-state index contributed by atoms with van der Waals surface area (Å²) in [6.07, 6.45) is 0. The third-order valence-electron chi connectivity index (χ3n) is 4.55. The van der Waals surface area contributed by atoms with Gasteiger partial charge in [0, 0.05) is 11.1 Å². The topological polar surface area (TPSA) is 44.2 Å². The van der Waals surface area contributed by atoms with Crippen LogP contribution in [0.1, 0.15) is 0 Å². The van der Waals surface area contributed by atoms with Crippen molar-refractivity contribution in [3.8, 4) is 32.6 Å². The molecule has 28 heavy (non-hydrogen) atoms. The summed E-state index contributed by atoms with van der Waals surface area (Å²) in [5.74, 6) is 1.51. The molecule has 0 unspecified atom stereocenters. The largest absolute Gasteiger partial charge is 0.493 e. The molecule has 0 fully saturated rings. The van der Waals surface area contributed by atoms with Crippen molar-refractivity contribution < 1.29 is 9.47 Å². The van der Waals surface area contributed by atoms with Crippen LogP contribution in [-0.4, -0.2) is 24.2 Å². The molecule has 0 aliphatic rings. The van der Waals surface area contributed by atoms with Crippen LogP contribution >= 0.6 is 22.7 Å². The van der Waals surface area contributed by atoms with E-state index >= 15 is 0 Å². The highest BCUT2D eigenvalue weighted by Gasteiger charge is 2.23. The highest BCUT2D eigenvalue weighted by Crippen LogP contribution is 2.49. The summed E-state index contributed by atoms with van der Waals surface area (Å²) in [6, 6.07) is 20.3. The number of aromatic nitrogens is 2. The maximum Gasteiger partial charge on any atom is 0.165 e. The lowest BCUT2D eigenvalue weighted by atomic mass is 10.2. The van der Waals surface area contributed by atoms with Gasteiger partial charge in [0.15, 0.2) is 11.5 Å². The number of ether oxygens (including phenoxy) is 2. The first kappa shape index (κ1) is 17.2. The summed E-state index contributed by atoms with van der Waals surface area (Å²) in [7, 11) is 3.37. The van der Waals surface area contributed by atoms with Gasteiger partial charge in [0.05, 0.1) is 14.2 Å². The zero-order chi connectivity index (χ0) is 19.1. The normalized spacial score (nSPS) is 11.2. The van der Waals surface area contributed by atoms with Crippen molar-refractivity contribution in [1.29, 1.82) is 0 Å². The molecule has 0 saturated carbocycles. The molecule has 0 amide bonds. The Labute approximate surface area is 170 Å². The molecule has 6 heteroatoms. The number of fused-ring (bicyclic) bond motifs is 2. The first-order valence-electron chi connectivity index (χ1n) is 8.76. The van der Waals surface area contributed by atoms with Crippen LogP contribution in [0.25, 0.3) is 41.6 Å². The Balaban J connectivity index is 1.81. The maximum atomic E-state index is 5.80. The van der Waals surface area contributed by atoms with E-state index in [0.717, 1.165) is 53.1 Å². The lowest BCUT2D eigenvalue weighted by Gasteiger charge is -2.06. The number of benzene rings is 3. The summed E-state index contributed by atoms with van der Waals surface area (Å²) in [5.41, 5.74) is 3.79. The minimum atomic E-state index is 0.754. The van der Waals surface area contributed by atoms with Gasteiger partial charge in [-0.25, -0.2) is 9.97 Å². The molecule has 5 aromatic rings. The molecule has 0 aliphatic carbocycles. The molecule has 2 heterocycles. The van der Waals surface area contributed by atoms with Crippen LogP contribution in [0, 0.1) is 0 Å². The Hall–Kier alpha value is -2.96. The van der Waals surface area contributed by atoms with Crippen LogP contribution in [0.3, 0.4) is 0 Å². The number of hydrogen-bond donors (Lipinski definition) is 0. The second kappa shape index (κ2) is 6.89. The van der Waals surface area contributed by atoms with E-state index in [2.05, 4.69) is 24.3 Å². The summed E-state index contributed by atoms with van der Waals surface area (Å²) in [5, 5.41) is 1.88. The van der Waals surface area contributed by atoms with Crippen molar-refractivity contribution in [2.45, 2.75) is 0 Å². The maximum absolute atomic E-state index is 5.80. The first-order chi connectivity index (χ1) is 13.8. The van der Waals surface area contributed by atoms with E-state index in [1.165, 1.54) is 0 Å². The third-order valence-corrected chi connectivity index (χ3v) is 6.75. The van der Waals surface area contributed by atoms with Crippen molar-refractivity contribution in [3.63, 3.8) is 0 Å². The highest BCUT2D eigenvalue weighted by molar-refractivity contribution is 7.24. The second-order valence-electron chi connectivity index (χ2n) is 6.19. The van der Waals surface area contributed by atoms with Gasteiger partial charge in [-0.15, -0.1) is 22.7 Å². The van der Waals surface area contributed by atoms with Crippen LogP contribution in [0.4, 0.5) is 0 Å². The monoisotopic (exact) mass is 404 g/mol. The molecule has 5 rings (SSSR count). The number of rotatable bonds is 4. The number of nitrogens with zero attached hydrogens (tertiary/aromatic N) is 2. The predicted octanol–water partition coefficient (Wildman–Crippen LogP) is 6.26. The van der Waals surface area contributed by atoms with Gasteiger partial charge >= 0.3 is 0 Å². The van der Waals surface area contributed by atoms with E-state index < -0.39 is 0 Å². The molecule has 0 N–H and O–H groups in total. The molecule has 138 valence electrons. The highest BCUT2D eigenvalue weighted by atomic mass is 32.1. The van der Waals surface area contributed by atoms with E-state index in [-0.39, 0.29) is 0 Å². The third kappa shape index (κ3) is 2.65. The van der Waals surface area contributed by atoms with E-state index in [1.54, 1.807) is 36.9 Å². The fourth-order valence-corrected chi connectivity index (χ4v) is 5.44. The standard InChI is InChI=1S/C22H16N2O2S2/c1-25-17-15-20(28-21(23-15)13-9-5-3-6-10-13)18(26-2)16-19(17)27-22(24-16)14-11-7-4-8-12-14/h3-12H,1-2H3. The Kier molecular flexibility index (Phi) is 4.22. The van der Waals surface area contributed by atoms with E-state index in [0.29, 0.717) is 0 Å². The Morgan fingerprint density at radius 1 is 0.607 bits per heavy atom. The van der Waals surface area contributed by atoms with Crippen molar-refractivity contribution in [3.05, 3.63) is 60.7 Å². The Morgan fingerprint density at radius 2 is 1.00 bits per heavy atom. The molecule has 0 spiro atoms. The van der Waals surface area contributed by atoms with Gasteiger partial charge in [-0.3, -0.25) is 0 Å². The van der Waals surface area contributed by atoms with Crippen molar-refractivity contribution >= 4 is 43.1 Å². The molecule has 0 atom stereocenters. The number of methoxy groups -OCH3 is 2. The minimum absolute atomic E-state index is 0.754. The second-order valence-corrected chi connectivity index (χ2v) is 8.19. The van der Waals surface area contributed by atoms with Gasteiger partial charge < -0.3 is 9.47 Å². The molecule has 0 radical (unpaired) electrons. The van der Waals surface area contributed by atoms with Gasteiger partial charge in [0.2, 0.25) is 0 Å². The Bertz CT molecular complexity index is 1120. The van der Waals surface area contributed by atoms with Gasteiger partial charge in [-0.1, -0.05) is 60.7 Å². The average molecular weight is 405 g/mol. The SMILES string of the molecule is COc1c2nc(-c3ccccc3)sc2c(OC)c2nc(-c3ccccc3)sc12. The van der Waals surface area contributed by atoms with Gasteiger partial charge in [-0.05, 0) is 0 Å². The molecule has 0 bridgehead atoms. The molecule has 2 aromatic heterocycles. The fraction of sp³-hybridized carbons (Fsp3) is 0.0909. The van der Waals surface area contributed by atoms with E-state index in [9.17, 15) is 0 Å². The van der Waals surface area contributed by atoms with Crippen LogP contribution in [0.5, 0.6) is 11.5 Å². The van der Waals surface area contributed by atoms with E-state index in [4.69, 9.17) is 19.4 Å². The zero-order valence-corrected chi connectivity index (χ0v) is 16.9. The smallest absolute Gasteiger partial charge is 0.165 e. The molecule has 0 aliphatic heterocycles. The average Bonchev–Trinajstić information content (AvgIpc) is 3.38. The first-order valence-corrected chi connectivity index (χ1v) is 10.4. The van der Waals surface area contributed by atoms with Crippen molar-refractivity contribution in [2.24, 2.45) is 0 Å². The van der Waals surface area contributed by atoms with Crippen LogP contribution in [-0.2, 0) is 0 Å². The van der Waals surface area contributed by atoms with Crippen molar-refractivity contribution in [2.75, 3.05) is 14.2 Å². The van der Waals surface area contributed by atoms with Crippen LogP contribution in [0.2, 0.25) is 0 Å². The zero-order valence-electron chi connectivity index (χ0n) is 15.3. The lowest BCUT2D eigenvalue weighted by molar-refractivity contribution is 0.417. The van der Waals surface area contributed by atoms with Crippen molar-refractivity contribution in [1.82, 2.24) is 9.97 Å². The summed E-state index contributed by atoms with van der Waals surface area (Å²) >= 11 is 3.20. The van der Waals surface area contributed by atoms with Gasteiger partial charge in [-0.2, -0.15) is 0 Å². The van der Waals surface area contributed by atoms with Crippen LogP contribution in [0.15, 0.2) is 60.7 Å². The van der Waals surface area contributed by atoms with Gasteiger partial charge in [0.1, 0.15) is 30.4 Å². The molecular formula is C22H16N2O2S2. The van der Waals surface area contributed by atoms with Crippen LogP contribution < -0.4 is 9.47 Å². The summed E-state index contributed by atoms with van der Waals surface area (Å²) < 4.78 is 13.5. The molecular weight excluding hydrogens is 388 g/mol. The summed E-state index contributed by atoms with van der Waals surface area (Å²) in [6.45, 7) is 0. The quantitative estimate of drug-likeness (QED) is 0.355. The molecule has 4 nitrogen and oxygen atoms in total. The number of hydrogen-bond acceptors (Lipinski definition) is 6. The van der Waals surface area contributed by atoms with Gasteiger partial charge in [0.25, 0.3) is 0 Å².